The molecule has 0 saturated carbocycles. The fraction of sp³-hybridized carbons (Fsp3) is 0.917. The van der Waals surface area contributed by atoms with Crippen LogP contribution in [0.1, 0.15) is 52.0 Å². The van der Waals surface area contributed by atoms with E-state index < -0.39 is 0 Å². The van der Waals surface area contributed by atoms with Crippen molar-refractivity contribution in [1.82, 2.24) is 25.5 Å². The smallest absolute Gasteiger partial charge is 0.168 e. The first-order valence-corrected chi connectivity index (χ1v) is 6.56. The van der Waals surface area contributed by atoms with E-state index in [1.165, 1.54) is 0 Å². The van der Waals surface area contributed by atoms with Gasteiger partial charge in [-0.1, -0.05) is 13.8 Å². The number of methoxy groups -OCH3 is 1. The van der Waals surface area contributed by atoms with Gasteiger partial charge >= 0.3 is 0 Å². The molecule has 2 unspecified atom stereocenters. The third-order valence-electron chi connectivity index (χ3n) is 2.89. The molecule has 1 aromatic heterocycles. The fourth-order valence-corrected chi connectivity index (χ4v) is 2.05. The largest absolute Gasteiger partial charge is 0.383 e. The van der Waals surface area contributed by atoms with Crippen LogP contribution in [0.4, 0.5) is 0 Å². The van der Waals surface area contributed by atoms with E-state index in [0.29, 0.717) is 18.6 Å². The Balaban J connectivity index is 2.63. The molecule has 0 aliphatic heterocycles. The summed E-state index contributed by atoms with van der Waals surface area (Å²) in [5.74, 6) is 1.52. The minimum atomic E-state index is 0.129. The lowest BCUT2D eigenvalue weighted by atomic mass is 10.1. The lowest BCUT2D eigenvalue weighted by Gasteiger charge is -2.18. The van der Waals surface area contributed by atoms with Crippen molar-refractivity contribution in [3.05, 3.63) is 5.82 Å². The summed E-state index contributed by atoms with van der Waals surface area (Å²) in [4.78, 5) is 0. The van der Waals surface area contributed by atoms with E-state index in [4.69, 9.17) is 4.74 Å². The zero-order valence-electron chi connectivity index (χ0n) is 12.1. The zero-order chi connectivity index (χ0) is 13.5. The Bertz CT molecular complexity index is 339. The van der Waals surface area contributed by atoms with Gasteiger partial charge in [0, 0.05) is 13.7 Å². The second-order valence-electron chi connectivity index (χ2n) is 5.13. The van der Waals surface area contributed by atoms with Gasteiger partial charge in [-0.3, -0.25) is 0 Å². The predicted octanol–water partition coefficient (Wildman–Crippen LogP) is 1.58. The molecule has 2 atom stereocenters. The molecule has 18 heavy (non-hydrogen) atoms. The number of hydrogen-bond donors (Lipinski definition) is 1. The van der Waals surface area contributed by atoms with Gasteiger partial charge in [0.05, 0.1) is 18.7 Å². The number of aromatic nitrogens is 4. The minimum absolute atomic E-state index is 0.129. The second-order valence-corrected chi connectivity index (χ2v) is 5.13. The van der Waals surface area contributed by atoms with Crippen LogP contribution in [0, 0.1) is 5.92 Å². The number of tetrazole rings is 1. The number of ether oxygens (including phenoxy) is 1. The van der Waals surface area contributed by atoms with Gasteiger partial charge in [-0.2, -0.15) is 0 Å². The molecule has 1 aromatic rings. The molecular weight excluding hydrogens is 230 g/mol. The molecule has 0 bridgehead atoms. The van der Waals surface area contributed by atoms with E-state index in [9.17, 15) is 0 Å². The Morgan fingerprint density at radius 3 is 2.61 bits per heavy atom. The molecule has 0 aliphatic carbocycles. The van der Waals surface area contributed by atoms with E-state index in [1.807, 2.05) is 4.68 Å². The van der Waals surface area contributed by atoms with Gasteiger partial charge in [-0.15, -0.1) is 5.10 Å². The first-order valence-electron chi connectivity index (χ1n) is 6.56. The van der Waals surface area contributed by atoms with Gasteiger partial charge in [0.25, 0.3) is 0 Å². The van der Waals surface area contributed by atoms with Crippen LogP contribution in [-0.4, -0.2) is 40.5 Å². The summed E-state index contributed by atoms with van der Waals surface area (Å²) in [5.41, 5.74) is 0. The topological polar surface area (TPSA) is 64.9 Å². The van der Waals surface area contributed by atoms with Gasteiger partial charge in [-0.05, 0) is 36.6 Å². The quantitative estimate of drug-likeness (QED) is 0.714. The Labute approximate surface area is 109 Å². The van der Waals surface area contributed by atoms with Crippen molar-refractivity contribution in [2.24, 2.45) is 5.92 Å². The van der Waals surface area contributed by atoms with Crippen LogP contribution in [0.25, 0.3) is 0 Å². The van der Waals surface area contributed by atoms with Crippen LogP contribution in [-0.2, 0) is 4.74 Å². The Morgan fingerprint density at radius 2 is 2.00 bits per heavy atom. The molecular formula is C12H25N5O. The standard InChI is InChI=1S/C12H25N5O/c1-9(2)8-10(3)17-12(14-15-16-17)11(4)13-6-7-18-5/h9-11,13H,6-8H2,1-5H3. The average Bonchev–Trinajstić information content (AvgIpc) is 2.77. The first-order chi connectivity index (χ1) is 8.56. The fourth-order valence-electron chi connectivity index (χ4n) is 2.05. The molecule has 0 amide bonds. The monoisotopic (exact) mass is 255 g/mol. The highest BCUT2D eigenvalue weighted by atomic mass is 16.5. The molecule has 0 saturated heterocycles. The summed E-state index contributed by atoms with van der Waals surface area (Å²) in [6, 6.07) is 0.450. The van der Waals surface area contributed by atoms with Crippen LogP contribution in [0.2, 0.25) is 0 Å². The van der Waals surface area contributed by atoms with E-state index in [-0.39, 0.29) is 6.04 Å². The van der Waals surface area contributed by atoms with Gasteiger partial charge < -0.3 is 10.1 Å². The molecule has 0 spiro atoms. The van der Waals surface area contributed by atoms with E-state index in [1.54, 1.807) is 7.11 Å². The maximum Gasteiger partial charge on any atom is 0.168 e. The van der Waals surface area contributed by atoms with Crippen molar-refractivity contribution < 1.29 is 4.74 Å². The summed E-state index contributed by atoms with van der Waals surface area (Å²) in [5, 5.41) is 15.4. The predicted molar refractivity (Wildman–Crippen MR) is 70.3 cm³/mol. The van der Waals surface area contributed by atoms with Gasteiger partial charge in [0.2, 0.25) is 0 Å². The Kier molecular flexibility index (Phi) is 6.21. The molecule has 0 fully saturated rings. The lowest BCUT2D eigenvalue weighted by Crippen LogP contribution is -2.26. The highest BCUT2D eigenvalue weighted by Gasteiger charge is 2.18. The van der Waals surface area contributed by atoms with Crippen LogP contribution in [0.3, 0.4) is 0 Å². The third kappa shape index (κ3) is 4.34. The molecule has 6 nitrogen and oxygen atoms in total. The Hall–Kier alpha value is -1.01. The van der Waals surface area contributed by atoms with Crippen molar-refractivity contribution in [2.75, 3.05) is 20.3 Å². The van der Waals surface area contributed by atoms with Crippen molar-refractivity contribution in [3.63, 3.8) is 0 Å². The highest BCUT2D eigenvalue weighted by molar-refractivity contribution is 4.91. The van der Waals surface area contributed by atoms with Crippen molar-refractivity contribution in [3.8, 4) is 0 Å². The van der Waals surface area contributed by atoms with Crippen LogP contribution < -0.4 is 5.32 Å². The zero-order valence-corrected chi connectivity index (χ0v) is 12.1. The molecule has 1 rings (SSSR count). The molecule has 104 valence electrons. The normalized spacial score (nSPS) is 15.0. The summed E-state index contributed by atoms with van der Waals surface area (Å²) in [6.45, 7) is 10.1. The molecule has 0 radical (unpaired) electrons. The SMILES string of the molecule is COCCNC(C)c1nnnn1C(C)CC(C)C. The molecule has 6 heteroatoms. The maximum absolute atomic E-state index is 5.02. The number of nitrogens with zero attached hydrogens (tertiary/aromatic N) is 4. The molecule has 1 heterocycles. The maximum atomic E-state index is 5.02. The van der Waals surface area contributed by atoms with Crippen LogP contribution >= 0.6 is 0 Å². The number of rotatable bonds is 8. The molecule has 1 N–H and O–H groups in total. The van der Waals surface area contributed by atoms with Crippen molar-refractivity contribution >= 4 is 0 Å². The van der Waals surface area contributed by atoms with E-state index >= 15 is 0 Å². The molecule has 0 aliphatic rings. The van der Waals surface area contributed by atoms with Crippen LogP contribution in [0.15, 0.2) is 0 Å². The first kappa shape index (κ1) is 15.0. The second kappa shape index (κ2) is 7.43. The summed E-state index contributed by atoms with van der Waals surface area (Å²) in [6.07, 6.45) is 1.07. The van der Waals surface area contributed by atoms with Gasteiger partial charge in [0.15, 0.2) is 5.82 Å². The summed E-state index contributed by atoms with van der Waals surface area (Å²) >= 11 is 0. The van der Waals surface area contributed by atoms with Gasteiger partial charge in [0.1, 0.15) is 0 Å². The number of hydrogen-bond acceptors (Lipinski definition) is 5. The van der Waals surface area contributed by atoms with Crippen molar-refractivity contribution in [1.29, 1.82) is 0 Å². The summed E-state index contributed by atoms with van der Waals surface area (Å²) in [7, 11) is 1.70. The van der Waals surface area contributed by atoms with Gasteiger partial charge in [-0.25, -0.2) is 4.68 Å². The minimum Gasteiger partial charge on any atom is -0.383 e. The average molecular weight is 255 g/mol. The summed E-state index contributed by atoms with van der Waals surface area (Å²) < 4.78 is 6.94. The Morgan fingerprint density at radius 1 is 1.28 bits per heavy atom. The van der Waals surface area contributed by atoms with Crippen molar-refractivity contribution in [2.45, 2.75) is 46.2 Å². The van der Waals surface area contributed by atoms with E-state index in [2.05, 4.69) is 48.5 Å². The molecule has 0 aromatic carbocycles. The highest BCUT2D eigenvalue weighted by Crippen LogP contribution is 2.19. The number of nitrogens with one attached hydrogen (secondary N) is 1. The lowest BCUT2D eigenvalue weighted by molar-refractivity contribution is 0.195. The van der Waals surface area contributed by atoms with E-state index in [0.717, 1.165) is 18.8 Å². The third-order valence-corrected chi connectivity index (χ3v) is 2.89. The van der Waals surface area contributed by atoms with Crippen LogP contribution in [0.5, 0.6) is 0 Å².